The second-order valence-electron chi connectivity index (χ2n) is 8.11. The Hall–Kier alpha value is -1.34. The average molecular weight is 340 g/mol. The van der Waals surface area contributed by atoms with Crippen LogP contribution in [0.5, 0.6) is 0 Å². The number of unbranched alkanes of at least 4 members (excludes halogenated alkanes) is 2. The second-order valence-corrected chi connectivity index (χ2v) is 8.11. The van der Waals surface area contributed by atoms with E-state index in [0.717, 1.165) is 24.8 Å². The molecule has 0 heterocycles. The maximum Gasteiger partial charge on any atom is 0.0471 e. The van der Waals surface area contributed by atoms with E-state index < -0.39 is 0 Å². The molecule has 1 aliphatic carbocycles. The highest BCUT2D eigenvalue weighted by atomic mass is 14.8. The molecule has 0 bridgehead atoms. The van der Waals surface area contributed by atoms with Crippen LogP contribution in [0.1, 0.15) is 88.0 Å². The molecule has 0 saturated heterocycles. The molecule has 1 aromatic rings. The highest BCUT2D eigenvalue weighted by molar-refractivity contribution is 5.48. The zero-order valence-corrected chi connectivity index (χ0v) is 17.0. The molecule has 0 aromatic heterocycles. The molecule has 1 nitrogen and oxygen atoms in total. The predicted molar refractivity (Wildman–Crippen MR) is 111 cm³/mol. The van der Waals surface area contributed by atoms with E-state index in [2.05, 4.69) is 59.4 Å². The molecule has 138 valence electrons. The van der Waals surface area contributed by atoms with Crippen molar-refractivity contribution in [3.05, 3.63) is 58.2 Å². The van der Waals surface area contributed by atoms with Gasteiger partial charge in [0.2, 0.25) is 0 Å². The zero-order valence-electron chi connectivity index (χ0n) is 17.0. The smallest absolute Gasteiger partial charge is 0.0471 e. The fourth-order valence-corrected chi connectivity index (χ4v) is 4.31. The quantitative estimate of drug-likeness (QED) is 0.452. The highest BCUT2D eigenvalue weighted by Crippen LogP contribution is 2.44. The van der Waals surface area contributed by atoms with Crippen molar-refractivity contribution in [2.75, 3.05) is 0 Å². The van der Waals surface area contributed by atoms with E-state index >= 15 is 0 Å². The predicted octanol–water partition coefficient (Wildman–Crippen LogP) is 6.39. The third kappa shape index (κ3) is 4.26. The van der Waals surface area contributed by atoms with Crippen LogP contribution in [0.15, 0.2) is 35.9 Å². The Morgan fingerprint density at radius 3 is 2.56 bits per heavy atom. The van der Waals surface area contributed by atoms with Gasteiger partial charge in [0.15, 0.2) is 0 Å². The number of hydrogen-bond acceptors (Lipinski definition) is 1. The van der Waals surface area contributed by atoms with Crippen LogP contribution in [0, 0.1) is 6.92 Å². The topological polar surface area (TPSA) is 26.0 Å². The minimum atomic E-state index is -0.322. The molecule has 1 aromatic carbocycles. The van der Waals surface area contributed by atoms with E-state index in [1.807, 2.05) is 0 Å². The van der Waals surface area contributed by atoms with Crippen molar-refractivity contribution in [2.24, 2.45) is 5.73 Å². The first-order valence-corrected chi connectivity index (χ1v) is 10.1. The first-order chi connectivity index (χ1) is 11.8. The summed E-state index contributed by atoms with van der Waals surface area (Å²) in [6.07, 6.45) is 10.6. The van der Waals surface area contributed by atoms with Crippen LogP contribution in [-0.2, 0) is 12.8 Å². The van der Waals surface area contributed by atoms with Crippen molar-refractivity contribution < 1.29 is 0 Å². The Morgan fingerprint density at radius 2 is 1.96 bits per heavy atom. The highest BCUT2D eigenvalue weighted by Gasteiger charge is 2.39. The van der Waals surface area contributed by atoms with Crippen LogP contribution < -0.4 is 5.73 Å². The summed E-state index contributed by atoms with van der Waals surface area (Å²) in [5.74, 6) is 0.249. The molecule has 1 aliphatic rings. The zero-order chi connectivity index (χ0) is 18.6. The molecule has 0 spiro atoms. The SMILES string of the molecule is C=C(C)C1(N)CCC(C)=CC1c1c(C)cc(CCCCC)cc1CC. The first kappa shape index (κ1) is 20.0. The molecule has 0 saturated carbocycles. The lowest BCUT2D eigenvalue weighted by Crippen LogP contribution is -2.48. The Bertz CT molecular complexity index is 652. The minimum absolute atomic E-state index is 0.249. The van der Waals surface area contributed by atoms with Crippen LogP contribution in [0.25, 0.3) is 0 Å². The number of aryl methyl sites for hydroxylation is 3. The van der Waals surface area contributed by atoms with Gasteiger partial charge in [-0.25, -0.2) is 0 Å². The molecule has 2 N–H and O–H groups in total. The molecular formula is C24H37N. The molecule has 2 unspecified atom stereocenters. The van der Waals surface area contributed by atoms with Gasteiger partial charge < -0.3 is 5.73 Å². The lowest BCUT2D eigenvalue weighted by Gasteiger charge is -2.42. The van der Waals surface area contributed by atoms with Crippen LogP contribution in [0.4, 0.5) is 0 Å². The summed E-state index contributed by atoms with van der Waals surface area (Å²) >= 11 is 0. The molecule has 2 rings (SSSR count). The maximum atomic E-state index is 6.92. The third-order valence-corrected chi connectivity index (χ3v) is 6.03. The number of rotatable bonds is 7. The molecule has 2 atom stereocenters. The molecular weight excluding hydrogens is 302 g/mol. The van der Waals surface area contributed by atoms with Crippen LogP contribution >= 0.6 is 0 Å². The van der Waals surface area contributed by atoms with Crippen LogP contribution in [0.2, 0.25) is 0 Å². The maximum absolute atomic E-state index is 6.92. The van der Waals surface area contributed by atoms with E-state index in [9.17, 15) is 0 Å². The Morgan fingerprint density at radius 1 is 1.24 bits per heavy atom. The molecule has 1 heteroatoms. The lowest BCUT2D eigenvalue weighted by molar-refractivity contribution is 0.396. The van der Waals surface area contributed by atoms with E-state index in [1.165, 1.54) is 53.5 Å². The van der Waals surface area contributed by atoms with Crippen molar-refractivity contribution in [3.8, 4) is 0 Å². The summed E-state index contributed by atoms with van der Waals surface area (Å²) in [6.45, 7) is 15.4. The molecule has 0 fully saturated rings. The van der Waals surface area contributed by atoms with Crippen LogP contribution in [0.3, 0.4) is 0 Å². The monoisotopic (exact) mass is 339 g/mol. The summed E-state index contributed by atoms with van der Waals surface area (Å²) in [5.41, 5.74) is 15.0. The van der Waals surface area contributed by atoms with Gasteiger partial charge >= 0.3 is 0 Å². The Balaban J connectivity index is 2.49. The summed E-state index contributed by atoms with van der Waals surface area (Å²) in [5, 5.41) is 0. The number of nitrogens with two attached hydrogens (primary N) is 1. The Kier molecular flexibility index (Phi) is 6.68. The van der Waals surface area contributed by atoms with Gasteiger partial charge in [0.25, 0.3) is 0 Å². The van der Waals surface area contributed by atoms with E-state index in [0.29, 0.717) is 0 Å². The number of hydrogen-bond donors (Lipinski definition) is 1. The lowest BCUT2D eigenvalue weighted by atomic mass is 9.66. The van der Waals surface area contributed by atoms with Gasteiger partial charge in [-0.15, -0.1) is 0 Å². The van der Waals surface area contributed by atoms with Gasteiger partial charge in [0.05, 0.1) is 0 Å². The van der Waals surface area contributed by atoms with Crippen molar-refractivity contribution in [1.29, 1.82) is 0 Å². The Labute approximate surface area is 155 Å². The van der Waals surface area contributed by atoms with Gasteiger partial charge in [-0.3, -0.25) is 0 Å². The molecule has 0 radical (unpaired) electrons. The molecule has 0 amide bonds. The number of allylic oxidation sites excluding steroid dienone is 1. The van der Waals surface area contributed by atoms with Crippen molar-refractivity contribution >= 4 is 0 Å². The fraction of sp³-hybridized carbons (Fsp3) is 0.583. The third-order valence-electron chi connectivity index (χ3n) is 6.03. The van der Waals surface area contributed by atoms with Crippen LogP contribution in [-0.4, -0.2) is 5.54 Å². The second kappa shape index (κ2) is 8.36. The van der Waals surface area contributed by atoms with Gasteiger partial charge in [0, 0.05) is 11.5 Å². The summed E-state index contributed by atoms with van der Waals surface area (Å²) < 4.78 is 0. The average Bonchev–Trinajstić information content (AvgIpc) is 2.57. The number of benzene rings is 1. The normalized spacial score (nSPS) is 23.4. The van der Waals surface area contributed by atoms with Gasteiger partial charge in [0.1, 0.15) is 0 Å². The van der Waals surface area contributed by atoms with Gasteiger partial charge in [-0.2, -0.15) is 0 Å². The molecule has 0 aliphatic heterocycles. The van der Waals surface area contributed by atoms with Crippen molar-refractivity contribution in [1.82, 2.24) is 0 Å². The summed E-state index contributed by atoms with van der Waals surface area (Å²) in [4.78, 5) is 0. The van der Waals surface area contributed by atoms with Crippen molar-refractivity contribution in [2.45, 2.75) is 91.0 Å². The summed E-state index contributed by atoms with van der Waals surface area (Å²) in [6, 6.07) is 4.84. The van der Waals surface area contributed by atoms with E-state index in [4.69, 9.17) is 5.73 Å². The van der Waals surface area contributed by atoms with Gasteiger partial charge in [-0.1, -0.05) is 62.6 Å². The minimum Gasteiger partial charge on any atom is -0.321 e. The molecule has 25 heavy (non-hydrogen) atoms. The van der Waals surface area contributed by atoms with Crippen molar-refractivity contribution in [3.63, 3.8) is 0 Å². The van der Waals surface area contributed by atoms with E-state index in [-0.39, 0.29) is 11.5 Å². The van der Waals surface area contributed by atoms with Gasteiger partial charge in [-0.05, 0) is 75.1 Å². The summed E-state index contributed by atoms with van der Waals surface area (Å²) in [7, 11) is 0. The largest absolute Gasteiger partial charge is 0.321 e. The van der Waals surface area contributed by atoms with E-state index in [1.54, 1.807) is 0 Å². The standard InChI is InChI=1S/C24H37N/c1-7-9-10-11-20-15-19(6)23(21(8-2)16-20)22-14-18(5)12-13-24(22,25)17(3)4/h14-16,22H,3,7-13,25H2,1-2,4-6H3. The first-order valence-electron chi connectivity index (χ1n) is 10.1. The fourth-order valence-electron chi connectivity index (χ4n) is 4.31.